The molecule has 3 aromatic rings. The molecule has 25 heavy (non-hydrogen) atoms. The van der Waals surface area contributed by atoms with Crippen molar-refractivity contribution in [1.29, 1.82) is 0 Å². The number of benzene rings is 2. The molecule has 0 radical (unpaired) electrons. The average molecular weight is 360 g/mol. The summed E-state index contributed by atoms with van der Waals surface area (Å²) in [7, 11) is -1.71. The van der Waals surface area contributed by atoms with Gasteiger partial charge in [0, 0.05) is 11.8 Å². The number of rotatable bonds is 6. The van der Waals surface area contributed by atoms with Gasteiger partial charge in [0.15, 0.2) is 16.4 Å². The van der Waals surface area contributed by atoms with Crippen LogP contribution in [0.2, 0.25) is 0 Å². The molecule has 2 aromatic carbocycles. The summed E-state index contributed by atoms with van der Waals surface area (Å²) in [6.07, 6.45) is 1.14. The fourth-order valence-corrected chi connectivity index (χ4v) is 2.79. The molecule has 0 bridgehead atoms. The first-order chi connectivity index (χ1) is 12.0. The third kappa shape index (κ3) is 4.16. The quantitative estimate of drug-likeness (QED) is 0.667. The number of ether oxygens (including phenoxy) is 2. The van der Waals surface area contributed by atoms with Crippen molar-refractivity contribution in [3.05, 3.63) is 54.4 Å². The van der Waals surface area contributed by atoms with Gasteiger partial charge in [0.1, 0.15) is 11.5 Å². The Bertz CT molecular complexity index is 982. The number of hydrogen-bond donors (Lipinski definition) is 0. The van der Waals surface area contributed by atoms with E-state index in [4.69, 9.17) is 14.0 Å². The van der Waals surface area contributed by atoms with Crippen molar-refractivity contribution in [3.63, 3.8) is 0 Å². The van der Waals surface area contributed by atoms with Gasteiger partial charge in [0.25, 0.3) is 5.89 Å². The van der Waals surface area contributed by atoms with Gasteiger partial charge in [-0.05, 0) is 30.3 Å². The third-order valence-electron chi connectivity index (χ3n) is 3.39. The van der Waals surface area contributed by atoms with Crippen molar-refractivity contribution >= 4 is 9.84 Å². The van der Waals surface area contributed by atoms with E-state index >= 15 is 0 Å². The van der Waals surface area contributed by atoms with Gasteiger partial charge < -0.3 is 14.0 Å². The summed E-state index contributed by atoms with van der Waals surface area (Å²) in [6, 6.07) is 13.5. The first-order valence-corrected chi connectivity index (χ1v) is 9.25. The monoisotopic (exact) mass is 360 g/mol. The van der Waals surface area contributed by atoms with Gasteiger partial charge in [-0.3, -0.25) is 0 Å². The minimum atomic E-state index is -3.29. The number of hydrogen-bond acceptors (Lipinski definition) is 7. The number of nitrogens with zero attached hydrogens (tertiary/aromatic N) is 2. The highest BCUT2D eigenvalue weighted by Crippen LogP contribution is 2.22. The second kappa shape index (κ2) is 6.94. The van der Waals surface area contributed by atoms with Crippen molar-refractivity contribution in [3.8, 4) is 22.9 Å². The molecule has 7 nitrogen and oxygen atoms in total. The summed E-state index contributed by atoms with van der Waals surface area (Å²) in [5, 5.41) is 3.91. The van der Waals surface area contributed by atoms with Crippen LogP contribution < -0.4 is 9.47 Å². The molecule has 0 aliphatic rings. The van der Waals surface area contributed by atoms with Gasteiger partial charge in [-0.15, -0.1) is 0 Å². The van der Waals surface area contributed by atoms with Crippen molar-refractivity contribution in [2.45, 2.75) is 11.5 Å². The van der Waals surface area contributed by atoms with E-state index in [1.54, 1.807) is 25.3 Å². The van der Waals surface area contributed by atoms with Crippen LogP contribution in [-0.4, -0.2) is 31.9 Å². The van der Waals surface area contributed by atoms with Crippen LogP contribution in [0.25, 0.3) is 11.4 Å². The lowest BCUT2D eigenvalue weighted by Crippen LogP contribution is -1.99. The molecule has 0 N–H and O–H groups in total. The molecule has 1 aromatic heterocycles. The smallest absolute Gasteiger partial charge is 0.264 e. The van der Waals surface area contributed by atoms with Crippen LogP contribution >= 0.6 is 0 Å². The van der Waals surface area contributed by atoms with Crippen LogP contribution in [0.1, 0.15) is 5.89 Å². The zero-order valence-electron chi connectivity index (χ0n) is 13.7. The van der Waals surface area contributed by atoms with Crippen LogP contribution in [-0.2, 0) is 16.4 Å². The van der Waals surface area contributed by atoms with E-state index in [0.29, 0.717) is 17.3 Å². The number of sulfone groups is 1. The minimum absolute atomic E-state index is 0.0319. The van der Waals surface area contributed by atoms with Crippen molar-refractivity contribution in [2.75, 3.05) is 13.4 Å². The highest BCUT2D eigenvalue weighted by atomic mass is 32.2. The Labute approximate surface area is 145 Å². The van der Waals surface area contributed by atoms with Gasteiger partial charge in [0.05, 0.1) is 12.0 Å². The lowest BCUT2D eigenvalue weighted by atomic mass is 10.2. The molecule has 0 aliphatic carbocycles. The second-order valence-corrected chi connectivity index (χ2v) is 7.30. The lowest BCUT2D eigenvalue weighted by molar-refractivity contribution is 0.242. The van der Waals surface area contributed by atoms with Gasteiger partial charge >= 0.3 is 0 Å². The summed E-state index contributed by atoms with van der Waals surface area (Å²) in [6.45, 7) is 0.0319. The Morgan fingerprint density at radius 3 is 2.60 bits per heavy atom. The maximum absolute atomic E-state index is 11.6. The number of methoxy groups -OCH3 is 1. The zero-order valence-corrected chi connectivity index (χ0v) is 14.5. The average Bonchev–Trinajstić information content (AvgIpc) is 3.09. The van der Waals surface area contributed by atoms with E-state index in [-0.39, 0.29) is 17.4 Å². The Hall–Kier alpha value is -2.87. The van der Waals surface area contributed by atoms with E-state index in [9.17, 15) is 8.42 Å². The second-order valence-electron chi connectivity index (χ2n) is 5.28. The molecule has 0 fully saturated rings. The third-order valence-corrected chi connectivity index (χ3v) is 4.50. The maximum atomic E-state index is 11.6. The molecular formula is C17H16N2O5S. The molecule has 3 rings (SSSR count). The molecule has 1 heterocycles. The van der Waals surface area contributed by atoms with Crippen LogP contribution in [0.15, 0.2) is 57.9 Å². The predicted octanol–water partition coefficient (Wildman–Crippen LogP) is 2.73. The molecule has 0 spiro atoms. The van der Waals surface area contributed by atoms with Crippen LogP contribution in [0.4, 0.5) is 0 Å². The largest absolute Gasteiger partial charge is 0.497 e. The normalized spacial score (nSPS) is 11.3. The first kappa shape index (κ1) is 17.0. The van der Waals surface area contributed by atoms with Crippen LogP contribution in [0.3, 0.4) is 0 Å². The Kier molecular flexibility index (Phi) is 4.71. The Morgan fingerprint density at radius 2 is 1.84 bits per heavy atom. The summed E-state index contributed by atoms with van der Waals surface area (Å²) in [5.41, 5.74) is 0.758. The topological polar surface area (TPSA) is 91.5 Å². The fourth-order valence-electron chi connectivity index (χ4n) is 2.13. The first-order valence-electron chi connectivity index (χ1n) is 7.35. The molecular weight excluding hydrogens is 344 g/mol. The SMILES string of the molecule is COc1cccc(-c2noc(COc3cccc(S(C)(=O)=O)c3)n2)c1. The van der Waals surface area contributed by atoms with Gasteiger partial charge in [-0.25, -0.2) is 8.42 Å². The van der Waals surface area contributed by atoms with E-state index in [1.165, 1.54) is 12.1 Å². The number of aromatic nitrogens is 2. The summed E-state index contributed by atoms with van der Waals surface area (Å²) in [5.74, 6) is 1.80. The Morgan fingerprint density at radius 1 is 1.08 bits per heavy atom. The molecule has 8 heteroatoms. The summed E-state index contributed by atoms with van der Waals surface area (Å²) in [4.78, 5) is 4.45. The highest BCUT2D eigenvalue weighted by Gasteiger charge is 2.11. The van der Waals surface area contributed by atoms with Crippen molar-refractivity contribution < 1.29 is 22.4 Å². The van der Waals surface area contributed by atoms with Crippen LogP contribution in [0, 0.1) is 0 Å². The molecule has 0 amide bonds. The van der Waals surface area contributed by atoms with E-state index in [2.05, 4.69) is 10.1 Å². The molecule has 0 saturated heterocycles. The molecule has 0 aliphatic heterocycles. The zero-order chi connectivity index (χ0) is 17.9. The lowest BCUT2D eigenvalue weighted by Gasteiger charge is -2.04. The standard InChI is InChI=1S/C17H16N2O5S/c1-22-13-6-3-5-12(9-13)17-18-16(24-19-17)11-23-14-7-4-8-15(10-14)25(2,20)21/h3-10H,11H2,1-2H3. The van der Waals surface area contributed by atoms with Crippen molar-refractivity contribution in [2.24, 2.45) is 0 Å². The molecule has 0 atom stereocenters. The van der Waals surface area contributed by atoms with Gasteiger partial charge in [-0.2, -0.15) is 4.98 Å². The Balaban J connectivity index is 1.72. The van der Waals surface area contributed by atoms with E-state index < -0.39 is 9.84 Å². The van der Waals surface area contributed by atoms with Crippen LogP contribution in [0.5, 0.6) is 11.5 Å². The van der Waals surface area contributed by atoms with E-state index in [1.807, 2.05) is 18.2 Å². The van der Waals surface area contributed by atoms with Gasteiger partial charge in [0.2, 0.25) is 5.82 Å². The molecule has 0 saturated carbocycles. The fraction of sp³-hybridized carbons (Fsp3) is 0.176. The van der Waals surface area contributed by atoms with Gasteiger partial charge in [-0.1, -0.05) is 23.4 Å². The summed E-state index contributed by atoms with van der Waals surface area (Å²) >= 11 is 0. The molecule has 130 valence electrons. The predicted molar refractivity (Wildman–Crippen MR) is 90.2 cm³/mol. The summed E-state index contributed by atoms with van der Waals surface area (Å²) < 4.78 is 39.0. The minimum Gasteiger partial charge on any atom is -0.497 e. The van der Waals surface area contributed by atoms with E-state index in [0.717, 1.165) is 11.8 Å². The highest BCUT2D eigenvalue weighted by molar-refractivity contribution is 7.90. The molecule has 0 unspecified atom stereocenters. The maximum Gasteiger partial charge on any atom is 0.264 e. The van der Waals surface area contributed by atoms with Crippen molar-refractivity contribution in [1.82, 2.24) is 10.1 Å².